The number of primary amides is 1. The molecule has 0 aliphatic heterocycles. The molecule has 4 aromatic rings. The van der Waals surface area contributed by atoms with Crippen molar-refractivity contribution >= 4 is 33.0 Å². The monoisotopic (exact) mass is 469 g/mol. The van der Waals surface area contributed by atoms with Gasteiger partial charge in [-0.1, -0.05) is 28.1 Å². The summed E-state index contributed by atoms with van der Waals surface area (Å²) in [7, 11) is 3.02. The van der Waals surface area contributed by atoms with Crippen molar-refractivity contribution in [2.75, 3.05) is 14.2 Å². The molecule has 1 amide bonds. The van der Waals surface area contributed by atoms with Crippen molar-refractivity contribution in [2.24, 2.45) is 5.73 Å². The van der Waals surface area contributed by atoms with Crippen LogP contribution in [0.2, 0.25) is 0 Å². The number of nitrogens with zero attached hydrogens (tertiary/aromatic N) is 3. The fourth-order valence-corrected chi connectivity index (χ4v) is 3.52. The van der Waals surface area contributed by atoms with Crippen molar-refractivity contribution in [3.8, 4) is 28.6 Å². The summed E-state index contributed by atoms with van der Waals surface area (Å²) in [6.45, 7) is 0. The normalized spacial score (nSPS) is 10.9. The summed E-state index contributed by atoms with van der Waals surface area (Å²) in [5.74, 6) is 0.425. The minimum atomic E-state index is -0.778. The van der Waals surface area contributed by atoms with Crippen LogP contribution in [0.25, 0.3) is 28.2 Å². The molecule has 0 saturated carbocycles. The molecule has 9 nitrogen and oxygen atoms in total. The van der Waals surface area contributed by atoms with Gasteiger partial charge in [0.05, 0.1) is 19.9 Å². The number of carbonyl (C=O) groups is 1. The average Bonchev–Trinajstić information content (AvgIpc) is 3.07. The zero-order valence-electron chi connectivity index (χ0n) is 16.0. The standard InChI is InChI=1S/C20H16BrN5O4/c1-29-13-7-6-12(9-14(13)30-2)26-19-16(24-20(26)28)15(17(22)27)23-18(25-19)10-4-3-5-11(21)8-10/h3-9H,1-2H3,(H2,22,27)(H,24,28). The van der Waals surface area contributed by atoms with Crippen LogP contribution in [0.4, 0.5) is 0 Å². The maximum absolute atomic E-state index is 12.8. The smallest absolute Gasteiger partial charge is 0.332 e. The van der Waals surface area contributed by atoms with Gasteiger partial charge in [0.25, 0.3) is 5.91 Å². The van der Waals surface area contributed by atoms with Crippen LogP contribution >= 0.6 is 15.9 Å². The van der Waals surface area contributed by atoms with Crippen molar-refractivity contribution in [3.05, 3.63) is 63.1 Å². The van der Waals surface area contributed by atoms with Gasteiger partial charge in [0.1, 0.15) is 5.52 Å². The molecule has 2 heterocycles. The fourth-order valence-electron chi connectivity index (χ4n) is 3.12. The van der Waals surface area contributed by atoms with Gasteiger partial charge in [-0.3, -0.25) is 4.79 Å². The molecule has 0 spiro atoms. The first kappa shape index (κ1) is 19.6. The number of aromatic nitrogens is 4. The molecule has 0 bridgehead atoms. The van der Waals surface area contributed by atoms with Crippen LogP contribution in [0, 0.1) is 0 Å². The Morgan fingerprint density at radius 2 is 1.87 bits per heavy atom. The third kappa shape index (κ3) is 3.30. The summed E-state index contributed by atoms with van der Waals surface area (Å²) in [6, 6.07) is 12.3. The van der Waals surface area contributed by atoms with Crippen LogP contribution in [-0.2, 0) is 0 Å². The molecular weight excluding hydrogens is 454 g/mol. The number of imidazole rings is 1. The molecule has 152 valence electrons. The number of hydrogen-bond acceptors (Lipinski definition) is 6. The molecule has 3 N–H and O–H groups in total. The van der Waals surface area contributed by atoms with Crippen molar-refractivity contribution in [1.82, 2.24) is 19.5 Å². The van der Waals surface area contributed by atoms with E-state index >= 15 is 0 Å². The molecule has 0 saturated heterocycles. The SMILES string of the molecule is COc1ccc(-n2c(=O)[nH]c3c(C(N)=O)nc(-c4cccc(Br)c4)nc32)cc1OC. The van der Waals surface area contributed by atoms with E-state index in [9.17, 15) is 9.59 Å². The maximum Gasteiger partial charge on any atom is 0.332 e. The minimum absolute atomic E-state index is 0.0775. The number of halogens is 1. The van der Waals surface area contributed by atoms with Crippen LogP contribution in [0.3, 0.4) is 0 Å². The Morgan fingerprint density at radius 1 is 1.10 bits per heavy atom. The van der Waals surface area contributed by atoms with Crippen molar-refractivity contribution in [2.45, 2.75) is 0 Å². The highest BCUT2D eigenvalue weighted by atomic mass is 79.9. The number of carbonyl (C=O) groups excluding carboxylic acids is 1. The van der Waals surface area contributed by atoms with E-state index < -0.39 is 11.6 Å². The van der Waals surface area contributed by atoms with E-state index in [1.165, 1.54) is 18.8 Å². The molecule has 2 aromatic carbocycles. The van der Waals surface area contributed by atoms with Crippen LogP contribution in [-0.4, -0.2) is 39.6 Å². The third-order valence-electron chi connectivity index (χ3n) is 4.48. The number of H-pyrrole nitrogens is 1. The first-order valence-electron chi connectivity index (χ1n) is 8.74. The molecular formula is C20H16BrN5O4. The van der Waals surface area contributed by atoms with Gasteiger partial charge in [0.2, 0.25) is 0 Å². The summed E-state index contributed by atoms with van der Waals surface area (Å²) in [4.78, 5) is 36.3. The number of methoxy groups -OCH3 is 2. The number of nitrogens with two attached hydrogens (primary N) is 1. The molecule has 10 heteroatoms. The Bertz CT molecular complexity index is 1350. The van der Waals surface area contributed by atoms with E-state index in [4.69, 9.17) is 15.2 Å². The third-order valence-corrected chi connectivity index (χ3v) is 4.97. The molecule has 0 aliphatic carbocycles. The number of fused-ring (bicyclic) bond motifs is 1. The largest absolute Gasteiger partial charge is 0.493 e. The first-order chi connectivity index (χ1) is 14.4. The Kier molecular flexibility index (Phi) is 5.00. The summed E-state index contributed by atoms with van der Waals surface area (Å²) < 4.78 is 12.7. The molecule has 4 rings (SSSR count). The van der Waals surface area contributed by atoms with Crippen molar-refractivity contribution in [1.29, 1.82) is 0 Å². The Morgan fingerprint density at radius 3 is 2.53 bits per heavy atom. The zero-order valence-corrected chi connectivity index (χ0v) is 17.6. The van der Waals surface area contributed by atoms with Gasteiger partial charge in [-0.05, 0) is 24.3 Å². The predicted molar refractivity (Wildman–Crippen MR) is 114 cm³/mol. The van der Waals surface area contributed by atoms with E-state index in [0.29, 0.717) is 22.7 Å². The second-order valence-electron chi connectivity index (χ2n) is 6.27. The van der Waals surface area contributed by atoms with Crippen molar-refractivity contribution in [3.63, 3.8) is 0 Å². The minimum Gasteiger partial charge on any atom is -0.493 e. The number of benzene rings is 2. The fraction of sp³-hybridized carbons (Fsp3) is 0.100. The summed E-state index contributed by atoms with van der Waals surface area (Å²) >= 11 is 3.41. The van der Waals surface area contributed by atoms with E-state index in [0.717, 1.165) is 4.47 Å². The molecule has 0 fully saturated rings. The van der Waals surface area contributed by atoms with E-state index in [1.54, 1.807) is 30.3 Å². The molecule has 0 radical (unpaired) electrons. The van der Waals surface area contributed by atoms with E-state index in [1.807, 2.05) is 12.1 Å². The lowest BCUT2D eigenvalue weighted by Gasteiger charge is -2.10. The zero-order chi connectivity index (χ0) is 21.4. The van der Waals surface area contributed by atoms with Gasteiger partial charge in [0, 0.05) is 16.1 Å². The maximum atomic E-state index is 12.8. The Labute approximate surface area is 178 Å². The topological polar surface area (TPSA) is 125 Å². The summed E-state index contributed by atoms with van der Waals surface area (Å²) in [6.07, 6.45) is 0. The van der Waals surface area contributed by atoms with Crippen LogP contribution in [0.15, 0.2) is 51.7 Å². The van der Waals surface area contributed by atoms with Crippen LogP contribution in [0.5, 0.6) is 11.5 Å². The lowest BCUT2D eigenvalue weighted by Crippen LogP contribution is -2.15. The number of ether oxygens (including phenoxy) is 2. The summed E-state index contributed by atoms with van der Waals surface area (Å²) in [5.41, 5.74) is 6.45. The number of nitrogens with one attached hydrogen (secondary N) is 1. The number of amides is 1. The van der Waals surface area contributed by atoms with E-state index in [-0.39, 0.29) is 22.7 Å². The average molecular weight is 470 g/mol. The van der Waals surface area contributed by atoms with E-state index in [2.05, 4.69) is 30.9 Å². The highest BCUT2D eigenvalue weighted by molar-refractivity contribution is 9.10. The molecule has 2 aromatic heterocycles. The second-order valence-corrected chi connectivity index (χ2v) is 7.19. The van der Waals surface area contributed by atoms with Crippen LogP contribution in [0.1, 0.15) is 10.5 Å². The highest BCUT2D eigenvalue weighted by Crippen LogP contribution is 2.30. The number of rotatable bonds is 5. The number of aromatic amines is 1. The summed E-state index contributed by atoms with van der Waals surface area (Å²) in [5, 5.41) is 0. The van der Waals surface area contributed by atoms with Crippen molar-refractivity contribution < 1.29 is 14.3 Å². The second kappa shape index (κ2) is 7.64. The molecule has 0 atom stereocenters. The Balaban J connectivity index is 2.03. The number of hydrogen-bond donors (Lipinski definition) is 2. The van der Waals surface area contributed by atoms with Gasteiger partial charge in [-0.15, -0.1) is 0 Å². The molecule has 30 heavy (non-hydrogen) atoms. The predicted octanol–water partition coefficient (Wildman–Crippen LogP) is 2.65. The van der Waals surface area contributed by atoms with Gasteiger partial charge in [-0.2, -0.15) is 0 Å². The van der Waals surface area contributed by atoms with Gasteiger partial charge in [-0.25, -0.2) is 19.3 Å². The lowest BCUT2D eigenvalue weighted by molar-refractivity contribution is 0.0997. The van der Waals surface area contributed by atoms with Gasteiger partial charge >= 0.3 is 5.69 Å². The Hall–Kier alpha value is -3.66. The van der Waals surface area contributed by atoms with Gasteiger partial charge in [0.15, 0.2) is 28.7 Å². The quantitative estimate of drug-likeness (QED) is 0.462. The lowest BCUT2D eigenvalue weighted by atomic mass is 10.2. The van der Waals surface area contributed by atoms with Gasteiger partial charge < -0.3 is 20.2 Å². The van der Waals surface area contributed by atoms with Crippen LogP contribution < -0.4 is 20.9 Å². The molecule has 0 aliphatic rings. The first-order valence-corrected chi connectivity index (χ1v) is 9.53. The highest BCUT2D eigenvalue weighted by Gasteiger charge is 2.21. The molecule has 0 unspecified atom stereocenters.